The van der Waals surface area contributed by atoms with Crippen LogP contribution in [0.5, 0.6) is 0 Å². The molecule has 1 aliphatic heterocycles. The lowest BCUT2D eigenvalue weighted by molar-refractivity contribution is -0.384. The van der Waals surface area contributed by atoms with E-state index in [0.29, 0.717) is 42.3 Å². The van der Waals surface area contributed by atoms with Gasteiger partial charge in [-0.2, -0.15) is 4.68 Å². The summed E-state index contributed by atoms with van der Waals surface area (Å²) in [6.07, 6.45) is 0. The van der Waals surface area contributed by atoms with E-state index in [2.05, 4.69) is 36.4 Å². The molecule has 0 radical (unpaired) electrons. The lowest BCUT2D eigenvalue weighted by atomic mass is 10.2. The number of nitro groups is 1. The predicted octanol–water partition coefficient (Wildman–Crippen LogP) is 2.66. The third-order valence-electron chi connectivity index (χ3n) is 4.49. The van der Waals surface area contributed by atoms with E-state index in [1.807, 2.05) is 41.3 Å². The van der Waals surface area contributed by atoms with Gasteiger partial charge < -0.3 is 9.80 Å². The largest absolute Gasteiger partial charge is 0.362 e. The van der Waals surface area contributed by atoms with Gasteiger partial charge in [-0.1, -0.05) is 39.2 Å². The van der Waals surface area contributed by atoms with E-state index in [1.165, 1.54) is 6.07 Å². The molecular formula is C17H16BrN7O2. The monoisotopic (exact) mass is 429 g/mol. The van der Waals surface area contributed by atoms with E-state index in [1.54, 1.807) is 10.7 Å². The molecule has 9 nitrogen and oxygen atoms in total. The summed E-state index contributed by atoms with van der Waals surface area (Å²) < 4.78 is 2.40. The molecule has 1 fully saturated rings. The van der Waals surface area contributed by atoms with E-state index < -0.39 is 0 Å². The highest BCUT2D eigenvalue weighted by molar-refractivity contribution is 9.10. The maximum Gasteiger partial charge on any atom is 0.293 e. The van der Waals surface area contributed by atoms with Crippen LogP contribution in [0.15, 0.2) is 53.0 Å². The summed E-state index contributed by atoms with van der Waals surface area (Å²) in [5.74, 6) is 0.672. The number of nitrogens with zero attached hydrogens (tertiary/aromatic N) is 7. The Labute approximate surface area is 163 Å². The average Bonchev–Trinajstić information content (AvgIpc) is 3.18. The second-order valence-corrected chi connectivity index (χ2v) is 7.01. The van der Waals surface area contributed by atoms with E-state index in [0.717, 1.165) is 5.69 Å². The highest BCUT2D eigenvalue weighted by Gasteiger charge is 2.26. The Bertz CT molecular complexity index is 955. The number of para-hydroxylation sites is 1. The number of hydrogen-bond donors (Lipinski definition) is 0. The zero-order valence-corrected chi connectivity index (χ0v) is 15.9. The third-order valence-corrected chi connectivity index (χ3v) is 4.98. The van der Waals surface area contributed by atoms with Crippen molar-refractivity contribution in [1.29, 1.82) is 0 Å². The van der Waals surface area contributed by atoms with Crippen LogP contribution < -0.4 is 9.80 Å². The Hall–Kier alpha value is -3.01. The van der Waals surface area contributed by atoms with Crippen LogP contribution in [0.1, 0.15) is 0 Å². The van der Waals surface area contributed by atoms with Crippen LogP contribution in [0.2, 0.25) is 0 Å². The standard InChI is InChI=1S/C17H16BrN7O2/c18-13-6-7-15(16(12-13)25(26)27)22-8-10-23(11-9-22)17-19-20-21-24(17)14-4-2-1-3-5-14/h1-7,12H,8-11H2. The van der Waals surface area contributed by atoms with E-state index in [9.17, 15) is 10.1 Å². The summed E-state index contributed by atoms with van der Waals surface area (Å²) in [5, 5.41) is 23.5. The summed E-state index contributed by atoms with van der Waals surface area (Å²) in [6.45, 7) is 2.62. The Kier molecular flexibility index (Phi) is 4.71. The molecule has 0 atom stereocenters. The lowest BCUT2D eigenvalue weighted by Crippen LogP contribution is -2.47. The molecule has 2 aromatic carbocycles. The number of tetrazole rings is 1. The number of piperazine rings is 1. The average molecular weight is 430 g/mol. The summed E-state index contributed by atoms with van der Waals surface area (Å²) in [7, 11) is 0. The Morgan fingerprint density at radius 3 is 2.41 bits per heavy atom. The zero-order valence-electron chi connectivity index (χ0n) is 14.3. The Morgan fingerprint density at radius 1 is 1.00 bits per heavy atom. The second kappa shape index (κ2) is 7.31. The van der Waals surface area contributed by atoms with Crippen LogP contribution in [0.4, 0.5) is 17.3 Å². The minimum atomic E-state index is -0.345. The van der Waals surface area contributed by atoms with Gasteiger partial charge in [-0.05, 0) is 34.7 Å². The van der Waals surface area contributed by atoms with Crippen molar-refractivity contribution in [3.05, 3.63) is 63.1 Å². The Balaban J connectivity index is 1.53. The molecule has 0 aliphatic carbocycles. The lowest BCUT2D eigenvalue weighted by Gasteiger charge is -2.35. The van der Waals surface area contributed by atoms with Gasteiger partial charge in [0.05, 0.1) is 10.6 Å². The molecule has 0 bridgehead atoms. The van der Waals surface area contributed by atoms with Crippen molar-refractivity contribution in [3.8, 4) is 5.69 Å². The molecule has 2 heterocycles. The second-order valence-electron chi connectivity index (χ2n) is 6.09. The topological polar surface area (TPSA) is 93.2 Å². The van der Waals surface area contributed by atoms with Gasteiger partial charge in [-0.3, -0.25) is 10.1 Å². The maximum absolute atomic E-state index is 11.4. The summed E-state index contributed by atoms with van der Waals surface area (Å²) >= 11 is 3.30. The van der Waals surface area contributed by atoms with Crippen LogP contribution in [0.3, 0.4) is 0 Å². The van der Waals surface area contributed by atoms with Crippen molar-refractivity contribution >= 4 is 33.3 Å². The van der Waals surface area contributed by atoms with Gasteiger partial charge in [0.1, 0.15) is 5.69 Å². The van der Waals surface area contributed by atoms with Crippen LogP contribution >= 0.6 is 15.9 Å². The molecular weight excluding hydrogens is 414 g/mol. The molecule has 10 heteroatoms. The fraction of sp³-hybridized carbons (Fsp3) is 0.235. The highest BCUT2D eigenvalue weighted by atomic mass is 79.9. The van der Waals surface area contributed by atoms with Gasteiger partial charge in [0, 0.05) is 36.7 Å². The van der Waals surface area contributed by atoms with Crippen molar-refractivity contribution in [2.24, 2.45) is 0 Å². The van der Waals surface area contributed by atoms with Crippen molar-refractivity contribution < 1.29 is 4.92 Å². The van der Waals surface area contributed by atoms with Crippen LogP contribution in [-0.2, 0) is 0 Å². The normalized spacial score (nSPS) is 14.4. The quantitative estimate of drug-likeness (QED) is 0.464. The maximum atomic E-state index is 11.4. The van der Waals surface area contributed by atoms with Gasteiger partial charge in [0.2, 0.25) is 5.95 Å². The number of aromatic nitrogens is 4. The number of benzene rings is 2. The number of halogens is 1. The minimum Gasteiger partial charge on any atom is -0.362 e. The van der Waals surface area contributed by atoms with Crippen LogP contribution in [0, 0.1) is 10.1 Å². The molecule has 3 aromatic rings. The summed E-state index contributed by atoms with van der Waals surface area (Å²) in [6, 6.07) is 14.9. The fourth-order valence-electron chi connectivity index (χ4n) is 3.17. The fourth-order valence-corrected chi connectivity index (χ4v) is 3.52. The molecule has 1 saturated heterocycles. The molecule has 1 aliphatic rings. The number of rotatable bonds is 4. The number of anilines is 2. The molecule has 0 N–H and O–H groups in total. The first-order chi connectivity index (χ1) is 13.1. The molecule has 0 amide bonds. The van der Waals surface area contributed by atoms with Crippen LogP contribution in [0.25, 0.3) is 5.69 Å². The first-order valence-corrected chi connectivity index (χ1v) is 9.20. The van der Waals surface area contributed by atoms with Gasteiger partial charge in [0.15, 0.2) is 0 Å². The van der Waals surface area contributed by atoms with Gasteiger partial charge in [-0.25, -0.2) is 0 Å². The first-order valence-electron chi connectivity index (χ1n) is 8.41. The summed E-state index contributed by atoms with van der Waals surface area (Å²) in [5.41, 5.74) is 1.63. The first kappa shape index (κ1) is 17.4. The molecule has 0 unspecified atom stereocenters. The predicted molar refractivity (Wildman–Crippen MR) is 104 cm³/mol. The molecule has 0 saturated carbocycles. The van der Waals surface area contributed by atoms with E-state index >= 15 is 0 Å². The molecule has 138 valence electrons. The smallest absolute Gasteiger partial charge is 0.293 e. The highest BCUT2D eigenvalue weighted by Crippen LogP contribution is 2.32. The van der Waals surface area contributed by atoms with Crippen molar-refractivity contribution in [3.63, 3.8) is 0 Å². The van der Waals surface area contributed by atoms with Gasteiger partial charge in [-0.15, -0.1) is 0 Å². The number of nitro benzene ring substituents is 1. The van der Waals surface area contributed by atoms with Crippen molar-refractivity contribution in [1.82, 2.24) is 20.2 Å². The van der Waals surface area contributed by atoms with Gasteiger partial charge >= 0.3 is 0 Å². The SMILES string of the molecule is O=[N+]([O-])c1cc(Br)ccc1N1CCN(c2nnnn2-c2ccccc2)CC1. The van der Waals surface area contributed by atoms with E-state index in [4.69, 9.17) is 0 Å². The number of hydrogen-bond acceptors (Lipinski definition) is 7. The zero-order chi connectivity index (χ0) is 18.8. The molecule has 27 heavy (non-hydrogen) atoms. The third kappa shape index (κ3) is 3.47. The molecule has 0 spiro atoms. The summed E-state index contributed by atoms with van der Waals surface area (Å²) in [4.78, 5) is 15.2. The minimum absolute atomic E-state index is 0.104. The van der Waals surface area contributed by atoms with Crippen molar-refractivity contribution in [2.75, 3.05) is 36.0 Å². The molecule has 1 aromatic heterocycles. The van der Waals surface area contributed by atoms with Gasteiger partial charge in [0.25, 0.3) is 5.69 Å². The van der Waals surface area contributed by atoms with Crippen molar-refractivity contribution in [2.45, 2.75) is 0 Å². The Morgan fingerprint density at radius 2 is 1.70 bits per heavy atom. The van der Waals surface area contributed by atoms with E-state index in [-0.39, 0.29) is 10.6 Å². The molecule has 4 rings (SSSR count). The van der Waals surface area contributed by atoms with Crippen LogP contribution in [-0.4, -0.2) is 51.3 Å².